The number of ether oxygens (including phenoxy) is 2. The van der Waals surface area contributed by atoms with Crippen molar-refractivity contribution < 1.29 is 19.4 Å². The lowest BCUT2D eigenvalue weighted by molar-refractivity contribution is -0.276. The highest BCUT2D eigenvalue weighted by molar-refractivity contribution is 5.74. The SMILES string of the molecule is CCNC(=O)NCc1cccc(-c2ccc([C@@H]3O[C@H](CN4CCN(c5ncccn5)CC4)[C@H](C)[C@H](c4ccc(CO)cc4)O3)cc2)c1. The van der Waals surface area contributed by atoms with Crippen LogP contribution in [-0.2, 0) is 22.6 Å². The zero-order valence-electron chi connectivity index (χ0n) is 27.1. The summed E-state index contributed by atoms with van der Waals surface area (Å²) in [6, 6.07) is 26.3. The molecule has 10 heteroatoms. The van der Waals surface area contributed by atoms with Gasteiger partial charge in [0.05, 0.1) is 18.8 Å². The normalized spacial score (nSPS) is 21.7. The Kier molecular flexibility index (Phi) is 10.7. The number of carbonyl (C=O) groups is 1. The molecule has 0 aliphatic carbocycles. The lowest BCUT2D eigenvalue weighted by Crippen LogP contribution is -2.51. The molecule has 2 saturated heterocycles. The van der Waals surface area contributed by atoms with Gasteiger partial charge < -0.3 is 30.1 Å². The number of aliphatic hydroxyl groups excluding tert-OH is 1. The first-order valence-electron chi connectivity index (χ1n) is 16.5. The molecule has 10 nitrogen and oxygen atoms in total. The third kappa shape index (κ3) is 8.15. The largest absolute Gasteiger partial charge is 0.392 e. The molecule has 0 unspecified atom stereocenters. The number of hydrogen-bond acceptors (Lipinski definition) is 8. The van der Waals surface area contributed by atoms with Crippen molar-refractivity contribution in [1.82, 2.24) is 25.5 Å². The van der Waals surface area contributed by atoms with Crippen molar-refractivity contribution in [1.29, 1.82) is 0 Å². The van der Waals surface area contributed by atoms with Gasteiger partial charge in [-0.3, -0.25) is 4.90 Å². The Morgan fingerprint density at radius 1 is 0.851 bits per heavy atom. The van der Waals surface area contributed by atoms with Gasteiger partial charge in [-0.15, -0.1) is 0 Å². The highest BCUT2D eigenvalue weighted by Crippen LogP contribution is 2.42. The molecule has 0 bridgehead atoms. The van der Waals surface area contributed by atoms with Crippen LogP contribution in [0.15, 0.2) is 91.3 Å². The van der Waals surface area contributed by atoms with E-state index in [0.717, 1.165) is 72.1 Å². The van der Waals surface area contributed by atoms with Crippen LogP contribution in [0.2, 0.25) is 0 Å². The van der Waals surface area contributed by atoms with Crippen molar-refractivity contribution in [3.05, 3.63) is 114 Å². The third-order valence-corrected chi connectivity index (χ3v) is 9.00. The molecule has 47 heavy (non-hydrogen) atoms. The lowest BCUT2D eigenvalue weighted by atomic mass is 9.89. The molecule has 246 valence electrons. The lowest BCUT2D eigenvalue weighted by Gasteiger charge is -2.44. The molecule has 3 N–H and O–H groups in total. The second-order valence-corrected chi connectivity index (χ2v) is 12.2. The highest BCUT2D eigenvalue weighted by atomic mass is 16.7. The minimum Gasteiger partial charge on any atom is -0.392 e. The quantitative estimate of drug-likeness (QED) is 0.221. The number of benzene rings is 3. The monoisotopic (exact) mass is 636 g/mol. The van der Waals surface area contributed by atoms with Crippen LogP contribution >= 0.6 is 0 Å². The zero-order chi connectivity index (χ0) is 32.6. The van der Waals surface area contributed by atoms with Crippen molar-refractivity contribution >= 4 is 12.0 Å². The first-order valence-corrected chi connectivity index (χ1v) is 16.5. The number of aliphatic hydroxyl groups is 1. The van der Waals surface area contributed by atoms with E-state index in [0.29, 0.717) is 13.1 Å². The van der Waals surface area contributed by atoms with Gasteiger partial charge in [0.2, 0.25) is 5.95 Å². The van der Waals surface area contributed by atoms with Crippen LogP contribution in [0.25, 0.3) is 11.1 Å². The fourth-order valence-electron chi connectivity index (χ4n) is 6.27. The Morgan fingerprint density at radius 3 is 2.28 bits per heavy atom. The van der Waals surface area contributed by atoms with Gasteiger partial charge in [0, 0.05) is 69.7 Å². The molecule has 4 aromatic rings. The molecule has 3 heterocycles. The molecule has 3 aromatic carbocycles. The highest BCUT2D eigenvalue weighted by Gasteiger charge is 2.39. The molecule has 1 aromatic heterocycles. The van der Waals surface area contributed by atoms with Crippen LogP contribution in [0.4, 0.5) is 10.7 Å². The summed E-state index contributed by atoms with van der Waals surface area (Å²) in [6.07, 6.45) is 2.83. The van der Waals surface area contributed by atoms with Crippen LogP contribution in [0.5, 0.6) is 0 Å². The number of nitrogens with zero attached hydrogens (tertiary/aromatic N) is 4. The number of piperazine rings is 1. The molecule has 6 rings (SSSR count). The summed E-state index contributed by atoms with van der Waals surface area (Å²) in [5.74, 6) is 0.886. The Bertz CT molecular complexity index is 1580. The molecule has 2 amide bonds. The van der Waals surface area contributed by atoms with Crippen molar-refractivity contribution in [3.8, 4) is 11.1 Å². The molecular weight excluding hydrogens is 592 g/mol. The van der Waals surface area contributed by atoms with E-state index in [1.165, 1.54) is 0 Å². The van der Waals surface area contributed by atoms with Gasteiger partial charge in [-0.2, -0.15) is 0 Å². The van der Waals surface area contributed by atoms with Crippen LogP contribution in [0, 0.1) is 5.92 Å². The van der Waals surface area contributed by atoms with Crippen LogP contribution in [0.1, 0.15) is 48.5 Å². The Morgan fingerprint density at radius 2 is 1.57 bits per heavy atom. The molecule has 0 radical (unpaired) electrons. The van der Waals surface area contributed by atoms with E-state index in [-0.39, 0.29) is 30.8 Å². The number of anilines is 1. The second-order valence-electron chi connectivity index (χ2n) is 12.2. The maximum Gasteiger partial charge on any atom is 0.315 e. The summed E-state index contributed by atoms with van der Waals surface area (Å²) in [4.78, 5) is 25.4. The van der Waals surface area contributed by atoms with E-state index in [1.807, 2.05) is 37.3 Å². The number of urea groups is 1. The summed E-state index contributed by atoms with van der Waals surface area (Å²) >= 11 is 0. The summed E-state index contributed by atoms with van der Waals surface area (Å²) < 4.78 is 13.4. The topological polar surface area (TPSA) is 112 Å². The van der Waals surface area contributed by atoms with Gasteiger partial charge in [-0.05, 0) is 46.9 Å². The maximum absolute atomic E-state index is 11.9. The zero-order valence-corrected chi connectivity index (χ0v) is 27.1. The molecule has 4 atom stereocenters. The first kappa shape index (κ1) is 32.6. The number of amides is 2. The van der Waals surface area contributed by atoms with Crippen molar-refractivity contribution in [2.45, 2.75) is 45.5 Å². The molecule has 0 saturated carbocycles. The fourth-order valence-corrected chi connectivity index (χ4v) is 6.27. The van der Waals surface area contributed by atoms with Gasteiger partial charge in [-0.25, -0.2) is 14.8 Å². The van der Waals surface area contributed by atoms with Gasteiger partial charge in [-0.1, -0.05) is 73.7 Å². The third-order valence-electron chi connectivity index (χ3n) is 9.00. The summed E-state index contributed by atoms with van der Waals surface area (Å²) in [5, 5.41) is 15.3. The van der Waals surface area contributed by atoms with Crippen LogP contribution < -0.4 is 15.5 Å². The van der Waals surface area contributed by atoms with E-state index in [1.54, 1.807) is 12.4 Å². The van der Waals surface area contributed by atoms with E-state index in [2.05, 4.69) is 85.9 Å². The summed E-state index contributed by atoms with van der Waals surface area (Å²) in [7, 11) is 0. The predicted octanol–water partition coefficient (Wildman–Crippen LogP) is 5.07. The number of rotatable bonds is 10. The number of nitrogens with one attached hydrogen (secondary N) is 2. The standard InChI is InChI=1S/C37H44N6O4/c1-3-38-37(45)41-23-28-6-4-7-32(22-28)29-12-14-31(15-13-29)35-46-33(26(2)34(47-35)30-10-8-27(25-44)9-11-30)24-42-18-20-43(21-19-42)36-39-16-5-17-40-36/h4-17,22,26,33-35,44H,3,18-21,23-25H2,1-2H3,(H2,38,41,45)/t26-,33+,34+,35+/m0/s1. The van der Waals surface area contributed by atoms with Gasteiger partial charge in [0.1, 0.15) is 0 Å². The van der Waals surface area contributed by atoms with E-state index < -0.39 is 6.29 Å². The van der Waals surface area contributed by atoms with Crippen LogP contribution in [-0.4, -0.2) is 71.4 Å². The molecule has 2 fully saturated rings. The van der Waals surface area contributed by atoms with Crippen molar-refractivity contribution in [3.63, 3.8) is 0 Å². The average Bonchev–Trinajstić information content (AvgIpc) is 3.13. The number of aromatic nitrogens is 2. The molecular formula is C37H44N6O4. The summed E-state index contributed by atoms with van der Waals surface area (Å²) in [6.45, 7) is 9.48. The van der Waals surface area contributed by atoms with E-state index in [4.69, 9.17) is 9.47 Å². The second kappa shape index (κ2) is 15.5. The Hall–Kier alpha value is -4.35. The van der Waals surface area contributed by atoms with Crippen LogP contribution in [0.3, 0.4) is 0 Å². The van der Waals surface area contributed by atoms with Gasteiger partial charge >= 0.3 is 6.03 Å². The van der Waals surface area contributed by atoms with E-state index >= 15 is 0 Å². The Labute approximate surface area is 276 Å². The first-order chi connectivity index (χ1) is 23.0. The molecule has 2 aliphatic heterocycles. The minimum atomic E-state index is -0.528. The summed E-state index contributed by atoms with van der Waals surface area (Å²) in [5.41, 5.74) is 6.09. The number of hydrogen-bond donors (Lipinski definition) is 3. The minimum absolute atomic E-state index is 0.00960. The average molecular weight is 637 g/mol. The van der Waals surface area contributed by atoms with Gasteiger partial charge in [0.15, 0.2) is 6.29 Å². The fraction of sp³-hybridized carbons (Fsp3) is 0.378. The predicted molar refractivity (Wildman–Crippen MR) is 181 cm³/mol. The number of carbonyl (C=O) groups excluding carboxylic acids is 1. The molecule has 0 spiro atoms. The Balaban J connectivity index is 1.17. The van der Waals surface area contributed by atoms with E-state index in [9.17, 15) is 9.90 Å². The van der Waals surface area contributed by atoms with Crippen molar-refractivity contribution in [2.24, 2.45) is 5.92 Å². The smallest absolute Gasteiger partial charge is 0.315 e. The molecule has 2 aliphatic rings. The maximum atomic E-state index is 11.9. The van der Waals surface area contributed by atoms with Gasteiger partial charge in [0.25, 0.3) is 0 Å². The van der Waals surface area contributed by atoms with Crippen molar-refractivity contribution in [2.75, 3.05) is 44.2 Å².